The molecular weight excluding hydrogens is 359 g/mol. The molecule has 3 rings (SSSR count). The van der Waals surface area contributed by atoms with Crippen LogP contribution in [0, 0.1) is 5.41 Å². The second-order valence-electron chi connectivity index (χ2n) is 6.20. The molecule has 7 heteroatoms. The van der Waals surface area contributed by atoms with Crippen molar-refractivity contribution in [1.29, 1.82) is 0 Å². The molecule has 0 saturated carbocycles. The number of carbonyl (C=O) groups is 1. The van der Waals surface area contributed by atoms with E-state index in [9.17, 15) is 4.79 Å². The highest BCUT2D eigenvalue weighted by Gasteiger charge is 2.37. The lowest BCUT2D eigenvalue weighted by Crippen LogP contribution is -2.45. The summed E-state index contributed by atoms with van der Waals surface area (Å²) in [5.74, 6) is 0.552. The van der Waals surface area contributed by atoms with Crippen LogP contribution in [0.25, 0.3) is 0 Å². The summed E-state index contributed by atoms with van der Waals surface area (Å²) in [4.78, 5) is 14.2. The van der Waals surface area contributed by atoms with Gasteiger partial charge in [0.2, 0.25) is 0 Å². The van der Waals surface area contributed by atoms with Gasteiger partial charge in [-0.05, 0) is 49.4 Å². The first-order chi connectivity index (χ1) is 10.6. The number of rotatable bonds is 3. The molecule has 1 amide bonds. The SMILES string of the molecule is Cl.O=C(COc1cc(Cl)cc(Cl)c1)N1CCC2(CCNC2)CC1. The van der Waals surface area contributed by atoms with Crippen molar-refractivity contribution in [2.75, 3.05) is 32.8 Å². The molecule has 1 aromatic rings. The molecule has 1 N–H and O–H groups in total. The lowest BCUT2D eigenvalue weighted by Gasteiger charge is -2.38. The Labute approximate surface area is 152 Å². The first-order valence-electron chi connectivity index (χ1n) is 7.64. The summed E-state index contributed by atoms with van der Waals surface area (Å²) in [6.07, 6.45) is 3.38. The molecule has 2 aliphatic rings. The Bertz CT molecular complexity index is 532. The Balaban J connectivity index is 0.00000192. The van der Waals surface area contributed by atoms with Crippen molar-refractivity contribution >= 4 is 41.5 Å². The molecule has 0 radical (unpaired) electrons. The molecule has 0 atom stereocenters. The Morgan fingerprint density at radius 2 is 1.83 bits per heavy atom. The third kappa shape index (κ3) is 4.66. The average Bonchev–Trinajstić information content (AvgIpc) is 2.93. The molecule has 0 aliphatic carbocycles. The number of ether oxygens (including phenoxy) is 1. The molecule has 2 saturated heterocycles. The molecule has 1 aromatic carbocycles. The van der Waals surface area contributed by atoms with Crippen molar-refractivity contribution in [1.82, 2.24) is 10.2 Å². The normalized spacial score (nSPS) is 19.5. The lowest BCUT2D eigenvalue weighted by atomic mass is 9.78. The molecule has 0 aromatic heterocycles. The third-order valence-corrected chi connectivity index (χ3v) is 5.14. The molecule has 128 valence electrons. The Kier molecular flexibility index (Phi) is 6.43. The number of amides is 1. The molecule has 4 nitrogen and oxygen atoms in total. The summed E-state index contributed by atoms with van der Waals surface area (Å²) in [7, 11) is 0. The van der Waals surface area contributed by atoms with Crippen molar-refractivity contribution in [3.05, 3.63) is 28.2 Å². The van der Waals surface area contributed by atoms with E-state index in [1.165, 1.54) is 6.42 Å². The topological polar surface area (TPSA) is 41.6 Å². The number of piperidine rings is 1. The Hall–Kier alpha value is -0.680. The van der Waals surface area contributed by atoms with E-state index in [4.69, 9.17) is 27.9 Å². The van der Waals surface area contributed by atoms with Gasteiger partial charge in [0.15, 0.2) is 6.61 Å². The van der Waals surface area contributed by atoms with Gasteiger partial charge in [-0.25, -0.2) is 0 Å². The van der Waals surface area contributed by atoms with E-state index in [1.54, 1.807) is 18.2 Å². The fourth-order valence-corrected chi connectivity index (χ4v) is 3.81. The first kappa shape index (κ1) is 18.7. The highest BCUT2D eigenvalue weighted by Crippen LogP contribution is 2.36. The van der Waals surface area contributed by atoms with E-state index in [2.05, 4.69) is 5.32 Å². The summed E-state index contributed by atoms with van der Waals surface area (Å²) >= 11 is 11.8. The summed E-state index contributed by atoms with van der Waals surface area (Å²) in [6, 6.07) is 4.96. The molecule has 1 spiro atoms. The molecule has 2 aliphatic heterocycles. The van der Waals surface area contributed by atoms with Gasteiger partial charge in [-0.1, -0.05) is 23.2 Å². The number of benzene rings is 1. The molecule has 0 unspecified atom stereocenters. The van der Waals surface area contributed by atoms with Crippen LogP contribution < -0.4 is 10.1 Å². The van der Waals surface area contributed by atoms with E-state index >= 15 is 0 Å². The molecule has 0 bridgehead atoms. The van der Waals surface area contributed by atoms with E-state index < -0.39 is 0 Å². The van der Waals surface area contributed by atoms with Crippen LogP contribution in [0.5, 0.6) is 5.75 Å². The van der Waals surface area contributed by atoms with Gasteiger partial charge in [0.05, 0.1) is 0 Å². The minimum Gasteiger partial charge on any atom is -0.484 e. The quantitative estimate of drug-likeness (QED) is 0.875. The van der Waals surface area contributed by atoms with Crippen LogP contribution in [-0.4, -0.2) is 43.6 Å². The van der Waals surface area contributed by atoms with Gasteiger partial charge < -0.3 is 15.0 Å². The van der Waals surface area contributed by atoms with Crippen LogP contribution >= 0.6 is 35.6 Å². The van der Waals surface area contributed by atoms with Crippen LogP contribution in [0.3, 0.4) is 0 Å². The molecule has 23 heavy (non-hydrogen) atoms. The minimum absolute atomic E-state index is 0. The number of nitrogens with one attached hydrogen (secondary N) is 1. The van der Waals surface area contributed by atoms with E-state index in [-0.39, 0.29) is 24.9 Å². The zero-order chi connectivity index (χ0) is 15.6. The van der Waals surface area contributed by atoms with Gasteiger partial charge in [0.25, 0.3) is 5.91 Å². The largest absolute Gasteiger partial charge is 0.484 e. The van der Waals surface area contributed by atoms with E-state index in [1.807, 2.05) is 4.90 Å². The van der Waals surface area contributed by atoms with Gasteiger partial charge in [0, 0.05) is 29.7 Å². The predicted octanol–water partition coefficient (Wildman–Crippen LogP) is 3.40. The number of carbonyl (C=O) groups excluding carboxylic acids is 1. The summed E-state index contributed by atoms with van der Waals surface area (Å²) < 4.78 is 5.53. The maximum atomic E-state index is 12.3. The smallest absolute Gasteiger partial charge is 0.260 e. The van der Waals surface area contributed by atoms with Crippen molar-refractivity contribution in [2.24, 2.45) is 5.41 Å². The van der Waals surface area contributed by atoms with Crippen molar-refractivity contribution < 1.29 is 9.53 Å². The van der Waals surface area contributed by atoms with Crippen LogP contribution in [0.1, 0.15) is 19.3 Å². The molecule has 2 heterocycles. The predicted molar refractivity (Wildman–Crippen MR) is 94.9 cm³/mol. The third-order valence-electron chi connectivity index (χ3n) is 4.71. The van der Waals surface area contributed by atoms with Crippen LogP contribution in [0.4, 0.5) is 0 Å². The highest BCUT2D eigenvalue weighted by molar-refractivity contribution is 6.34. The van der Waals surface area contributed by atoms with Crippen molar-refractivity contribution in [3.8, 4) is 5.75 Å². The maximum Gasteiger partial charge on any atom is 0.260 e. The van der Waals surface area contributed by atoms with Crippen LogP contribution in [0.2, 0.25) is 10.0 Å². The summed E-state index contributed by atoms with van der Waals surface area (Å²) in [6.45, 7) is 3.86. The van der Waals surface area contributed by atoms with Gasteiger partial charge in [-0.2, -0.15) is 0 Å². The summed E-state index contributed by atoms with van der Waals surface area (Å²) in [5, 5.41) is 4.44. The maximum absolute atomic E-state index is 12.3. The summed E-state index contributed by atoms with van der Waals surface area (Å²) in [5.41, 5.74) is 0.415. The van der Waals surface area contributed by atoms with Gasteiger partial charge >= 0.3 is 0 Å². The van der Waals surface area contributed by atoms with E-state index in [0.29, 0.717) is 21.2 Å². The number of likely N-dealkylation sites (tertiary alicyclic amines) is 1. The van der Waals surface area contributed by atoms with Crippen LogP contribution in [0.15, 0.2) is 18.2 Å². The van der Waals surface area contributed by atoms with E-state index in [0.717, 1.165) is 39.0 Å². The number of nitrogens with zero attached hydrogens (tertiary/aromatic N) is 1. The number of hydrogen-bond donors (Lipinski definition) is 1. The van der Waals surface area contributed by atoms with Crippen LogP contribution in [-0.2, 0) is 4.79 Å². The minimum atomic E-state index is 0. The van der Waals surface area contributed by atoms with Crippen molar-refractivity contribution in [2.45, 2.75) is 19.3 Å². The number of halogens is 3. The fourth-order valence-electron chi connectivity index (χ4n) is 3.30. The Morgan fingerprint density at radius 3 is 2.39 bits per heavy atom. The first-order valence-corrected chi connectivity index (χ1v) is 8.39. The Morgan fingerprint density at radius 1 is 1.17 bits per heavy atom. The number of hydrogen-bond acceptors (Lipinski definition) is 3. The lowest BCUT2D eigenvalue weighted by molar-refractivity contribution is -0.135. The monoisotopic (exact) mass is 378 g/mol. The standard InChI is InChI=1S/C16H20Cl2N2O2.ClH/c17-12-7-13(18)9-14(8-12)22-10-15(21)20-5-2-16(3-6-20)1-4-19-11-16;/h7-9,19H,1-6,10-11H2;1H. The average molecular weight is 380 g/mol. The van der Waals surface area contributed by atoms with Gasteiger partial charge in [-0.15, -0.1) is 12.4 Å². The highest BCUT2D eigenvalue weighted by atomic mass is 35.5. The molecule has 2 fully saturated rings. The second kappa shape index (κ2) is 7.93. The zero-order valence-electron chi connectivity index (χ0n) is 12.8. The second-order valence-corrected chi connectivity index (χ2v) is 7.07. The van der Waals surface area contributed by atoms with Gasteiger partial charge in [0.1, 0.15) is 5.75 Å². The van der Waals surface area contributed by atoms with Gasteiger partial charge in [-0.3, -0.25) is 4.79 Å². The molecular formula is C16H21Cl3N2O2. The zero-order valence-corrected chi connectivity index (χ0v) is 15.1. The fraction of sp³-hybridized carbons (Fsp3) is 0.562. The van der Waals surface area contributed by atoms with Crippen molar-refractivity contribution in [3.63, 3.8) is 0 Å².